The van der Waals surface area contributed by atoms with E-state index in [1.165, 1.54) is 0 Å². The van der Waals surface area contributed by atoms with Crippen molar-refractivity contribution in [3.05, 3.63) is 65.5 Å². The topological polar surface area (TPSA) is 158 Å². The van der Waals surface area contributed by atoms with Crippen molar-refractivity contribution in [3.8, 4) is 5.75 Å². The number of anilines is 3. The van der Waals surface area contributed by atoms with Crippen molar-refractivity contribution in [2.24, 2.45) is 5.92 Å². The third-order valence-corrected chi connectivity index (χ3v) is 8.41. The zero-order chi connectivity index (χ0) is 34.8. The second kappa shape index (κ2) is 17.0. The van der Waals surface area contributed by atoms with Crippen LogP contribution in [0.4, 0.5) is 26.7 Å². The van der Waals surface area contributed by atoms with Crippen LogP contribution in [0.25, 0.3) is 0 Å². The molecule has 2 aromatic carbocycles. The van der Waals surface area contributed by atoms with Gasteiger partial charge in [-0.15, -0.1) is 0 Å². The summed E-state index contributed by atoms with van der Waals surface area (Å²) in [5.74, 6) is 0.307. The maximum atomic E-state index is 14.3. The number of aliphatic hydroxyl groups is 1. The first-order valence-corrected chi connectivity index (χ1v) is 16.4. The standard InChI is InChI=1S/C35H48N6O7/c1-22-19-41(23(2)21-42)33(43)29-18-28(37-34(44)36-27-13-8-7-9-14-27)15-16-30(29)47-24(3)12-10-11-17-46-31(22)20-40(6)35(45)38-32-25(4)39-48-26(32)5/h7-9,13-16,18,22-24,31,42H,10-12,17,19-21H2,1-6H3,(H,38,45)(H2,36,37,44)/t22-,23-,24-,31-/m0/s1. The van der Waals surface area contributed by atoms with Gasteiger partial charge in [-0.1, -0.05) is 30.3 Å². The highest BCUT2D eigenvalue weighted by atomic mass is 16.5. The van der Waals surface area contributed by atoms with Gasteiger partial charge in [0.2, 0.25) is 0 Å². The van der Waals surface area contributed by atoms with Gasteiger partial charge < -0.3 is 44.9 Å². The number of hydrogen-bond donors (Lipinski definition) is 4. The monoisotopic (exact) mass is 664 g/mol. The highest BCUT2D eigenvalue weighted by Crippen LogP contribution is 2.29. The number of aromatic nitrogens is 1. The maximum absolute atomic E-state index is 14.3. The van der Waals surface area contributed by atoms with Crippen molar-refractivity contribution < 1.29 is 33.5 Å². The molecule has 1 aliphatic rings. The van der Waals surface area contributed by atoms with Crippen molar-refractivity contribution in [1.29, 1.82) is 0 Å². The van der Waals surface area contributed by atoms with E-state index in [0.29, 0.717) is 40.9 Å². The Labute approximate surface area is 281 Å². The summed E-state index contributed by atoms with van der Waals surface area (Å²) in [5.41, 5.74) is 2.41. The number of aryl methyl sites for hydroxylation is 2. The number of aliphatic hydroxyl groups excluding tert-OH is 1. The summed E-state index contributed by atoms with van der Waals surface area (Å²) >= 11 is 0. The first-order valence-electron chi connectivity index (χ1n) is 16.4. The molecule has 0 bridgehead atoms. The van der Waals surface area contributed by atoms with Crippen molar-refractivity contribution in [1.82, 2.24) is 15.0 Å². The first kappa shape index (κ1) is 36.2. The molecule has 4 N–H and O–H groups in total. The van der Waals surface area contributed by atoms with Crippen molar-refractivity contribution in [2.45, 2.75) is 72.1 Å². The van der Waals surface area contributed by atoms with Gasteiger partial charge in [0.1, 0.15) is 17.1 Å². The number of hydrogen-bond acceptors (Lipinski definition) is 8. The lowest BCUT2D eigenvalue weighted by molar-refractivity contribution is -0.0115. The molecule has 0 unspecified atom stereocenters. The fourth-order valence-corrected chi connectivity index (χ4v) is 5.49. The molecule has 1 aromatic heterocycles. The number of rotatable bonds is 7. The summed E-state index contributed by atoms with van der Waals surface area (Å²) in [6.45, 7) is 9.86. The number of nitrogens with one attached hydrogen (secondary N) is 3. The Kier molecular flexibility index (Phi) is 12.8. The van der Waals surface area contributed by atoms with Crippen LogP contribution in [0.15, 0.2) is 53.1 Å². The van der Waals surface area contributed by atoms with Crippen LogP contribution < -0.4 is 20.7 Å². The Morgan fingerprint density at radius 2 is 1.79 bits per heavy atom. The highest BCUT2D eigenvalue weighted by Gasteiger charge is 2.31. The number of fused-ring (bicyclic) bond motifs is 1. The fraction of sp³-hybridized carbons (Fsp3) is 0.486. The minimum absolute atomic E-state index is 0.197. The lowest BCUT2D eigenvalue weighted by Crippen LogP contribution is -2.48. The van der Waals surface area contributed by atoms with Gasteiger partial charge in [0.15, 0.2) is 5.76 Å². The van der Waals surface area contributed by atoms with E-state index in [0.717, 1.165) is 19.3 Å². The Hall–Kier alpha value is -4.62. The van der Waals surface area contributed by atoms with Gasteiger partial charge in [0, 0.05) is 44.0 Å². The molecule has 2 heterocycles. The van der Waals surface area contributed by atoms with Gasteiger partial charge in [-0.3, -0.25) is 4.79 Å². The first-order chi connectivity index (χ1) is 23.0. The van der Waals surface area contributed by atoms with Crippen LogP contribution in [-0.2, 0) is 4.74 Å². The number of carbonyl (C=O) groups excluding carboxylic acids is 3. The molecule has 4 atom stereocenters. The molecule has 13 heteroatoms. The summed E-state index contributed by atoms with van der Waals surface area (Å²) in [5, 5.41) is 22.6. The maximum Gasteiger partial charge on any atom is 0.323 e. The summed E-state index contributed by atoms with van der Waals surface area (Å²) in [6.07, 6.45) is 1.73. The van der Waals surface area contributed by atoms with E-state index in [1.807, 2.05) is 32.0 Å². The largest absolute Gasteiger partial charge is 0.490 e. The predicted octanol–water partition coefficient (Wildman–Crippen LogP) is 5.89. The lowest BCUT2D eigenvalue weighted by atomic mass is 10.0. The molecule has 3 aromatic rings. The zero-order valence-corrected chi connectivity index (χ0v) is 28.6. The predicted molar refractivity (Wildman–Crippen MR) is 184 cm³/mol. The fourth-order valence-electron chi connectivity index (χ4n) is 5.49. The second-order valence-electron chi connectivity index (χ2n) is 12.5. The number of amides is 5. The molecule has 4 rings (SSSR count). The molecule has 13 nitrogen and oxygen atoms in total. The molecule has 48 heavy (non-hydrogen) atoms. The SMILES string of the molecule is Cc1noc(C)c1NC(=O)N(C)C[C@@H]1OCCCC[C@H](C)Oc2ccc(NC(=O)Nc3ccccc3)cc2C(=O)N([C@@H](C)CO)C[C@@H]1C. The number of urea groups is 2. The molecular weight excluding hydrogens is 616 g/mol. The molecule has 0 saturated carbocycles. The van der Waals surface area contributed by atoms with Crippen molar-refractivity contribution >= 4 is 35.0 Å². The van der Waals surface area contributed by atoms with Gasteiger partial charge in [-0.25, -0.2) is 9.59 Å². The summed E-state index contributed by atoms with van der Waals surface area (Å²) in [4.78, 5) is 43.4. The van der Waals surface area contributed by atoms with Crippen LogP contribution in [0.1, 0.15) is 61.8 Å². The van der Waals surface area contributed by atoms with Crippen LogP contribution in [0.3, 0.4) is 0 Å². The van der Waals surface area contributed by atoms with E-state index in [1.54, 1.807) is 68.0 Å². The van der Waals surface area contributed by atoms with E-state index in [4.69, 9.17) is 14.0 Å². The molecule has 0 fully saturated rings. The minimum atomic E-state index is -0.544. The number of para-hydroxylation sites is 1. The molecule has 0 saturated heterocycles. The summed E-state index contributed by atoms with van der Waals surface area (Å²) < 4.78 is 17.8. The third kappa shape index (κ3) is 9.71. The summed E-state index contributed by atoms with van der Waals surface area (Å²) in [7, 11) is 1.69. The molecular formula is C35H48N6O7. The molecule has 260 valence electrons. The Balaban J connectivity index is 1.58. The quantitative estimate of drug-likeness (QED) is 0.243. The van der Waals surface area contributed by atoms with E-state index >= 15 is 0 Å². The molecule has 0 spiro atoms. The zero-order valence-electron chi connectivity index (χ0n) is 28.6. The lowest BCUT2D eigenvalue weighted by Gasteiger charge is -2.35. The van der Waals surface area contributed by atoms with Crippen LogP contribution in [0, 0.1) is 19.8 Å². The van der Waals surface area contributed by atoms with Gasteiger partial charge in [0.25, 0.3) is 5.91 Å². The van der Waals surface area contributed by atoms with Gasteiger partial charge in [-0.2, -0.15) is 0 Å². The van der Waals surface area contributed by atoms with Crippen molar-refractivity contribution in [2.75, 3.05) is 49.3 Å². The van der Waals surface area contributed by atoms with E-state index in [-0.39, 0.29) is 49.2 Å². The molecule has 0 aliphatic carbocycles. The number of nitrogens with zero attached hydrogens (tertiary/aromatic N) is 3. The second-order valence-corrected chi connectivity index (χ2v) is 12.5. The van der Waals surface area contributed by atoms with E-state index in [2.05, 4.69) is 21.1 Å². The Morgan fingerprint density at radius 1 is 1.06 bits per heavy atom. The van der Waals surface area contributed by atoms with Gasteiger partial charge in [0.05, 0.1) is 30.4 Å². The Bertz CT molecular complexity index is 1510. The smallest absolute Gasteiger partial charge is 0.323 e. The number of ether oxygens (including phenoxy) is 2. The van der Waals surface area contributed by atoms with Gasteiger partial charge in [-0.05, 0) is 77.3 Å². The number of carbonyl (C=O) groups is 3. The van der Waals surface area contributed by atoms with E-state index in [9.17, 15) is 19.5 Å². The van der Waals surface area contributed by atoms with Gasteiger partial charge >= 0.3 is 12.1 Å². The summed E-state index contributed by atoms with van der Waals surface area (Å²) in [6, 6.07) is 12.7. The van der Waals surface area contributed by atoms with Crippen LogP contribution in [-0.4, -0.2) is 89.6 Å². The molecule has 0 radical (unpaired) electrons. The number of likely N-dealkylation sites (N-methyl/N-ethyl adjacent to an activating group) is 1. The molecule has 5 amide bonds. The highest BCUT2D eigenvalue weighted by molar-refractivity contribution is 6.02. The van der Waals surface area contributed by atoms with Crippen LogP contribution in [0.2, 0.25) is 0 Å². The average molecular weight is 665 g/mol. The average Bonchev–Trinajstić information content (AvgIpc) is 3.38. The normalized spacial score (nSPS) is 19.7. The number of benzene rings is 2. The third-order valence-electron chi connectivity index (χ3n) is 8.41. The Morgan fingerprint density at radius 3 is 2.48 bits per heavy atom. The van der Waals surface area contributed by atoms with Crippen LogP contribution >= 0.6 is 0 Å². The van der Waals surface area contributed by atoms with Crippen molar-refractivity contribution in [3.63, 3.8) is 0 Å². The van der Waals surface area contributed by atoms with Crippen LogP contribution in [0.5, 0.6) is 5.75 Å². The molecule has 1 aliphatic heterocycles. The minimum Gasteiger partial charge on any atom is -0.490 e. The van der Waals surface area contributed by atoms with E-state index < -0.39 is 18.2 Å².